The maximum absolute atomic E-state index is 12.9. The number of carbonyl (C=O) groups excluding carboxylic acids is 2. The summed E-state index contributed by atoms with van der Waals surface area (Å²) < 4.78 is 16.4. The molecule has 8 nitrogen and oxygen atoms in total. The number of carbonyl (C=O) groups is 2. The third kappa shape index (κ3) is 6.73. The van der Waals surface area contributed by atoms with Gasteiger partial charge in [-0.2, -0.15) is 5.26 Å². The molecule has 1 saturated heterocycles. The van der Waals surface area contributed by atoms with Gasteiger partial charge in [0.05, 0.1) is 19.8 Å². The van der Waals surface area contributed by atoms with Crippen molar-refractivity contribution < 1.29 is 23.8 Å². The fraction of sp³-hybridized carbons (Fsp3) is 0.571. The zero-order valence-corrected chi connectivity index (χ0v) is 17.2. The lowest BCUT2D eigenvalue weighted by molar-refractivity contribution is -0.141. The first kappa shape index (κ1) is 22.7. The molecule has 2 rings (SSSR count). The molecule has 3 atom stereocenters. The summed E-state index contributed by atoms with van der Waals surface area (Å²) >= 11 is 0. The number of hydrogen-bond donors (Lipinski definition) is 1. The number of nitriles is 1. The molecule has 1 aliphatic heterocycles. The molecule has 0 radical (unpaired) electrons. The van der Waals surface area contributed by atoms with Crippen molar-refractivity contribution in [3.8, 4) is 6.07 Å². The van der Waals surface area contributed by atoms with E-state index in [1.54, 1.807) is 0 Å². The predicted octanol–water partition coefficient (Wildman–Crippen LogP) is 2.44. The van der Waals surface area contributed by atoms with Crippen molar-refractivity contribution in [2.45, 2.75) is 45.6 Å². The van der Waals surface area contributed by atoms with Gasteiger partial charge in [0.15, 0.2) is 6.10 Å². The van der Waals surface area contributed by atoms with E-state index >= 15 is 0 Å². The highest BCUT2D eigenvalue weighted by Crippen LogP contribution is 2.17. The van der Waals surface area contributed by atoms with Crippen molar-refractivity contribution in [3.63, 3.8) is 0 Å². The average molecular weight is 403 g/mol. The second kappa shape index (κ2) is 10.8. The summed E-state index contributed by atoms with van der Waals surface area (Å²) in [6, 6.07) is 11.3. The van der Waals surface area contributed by atoms with Crippen LogP contribution in [0.4, 0.5) is 4.79 Å². The molecular weight excluding hydrogens is 374 g/mol. The van der Waals surface area contributed by atoms with E-state index < -0.39 is 23.8 Å². The largest absolute Gasteiger partial charge is 0.436 e. The smallest absolute Gasteiger partial charge is 0.410 e. The molecule has 1 aliphatic rings. The van der Waals surface area contributed by atoms with Crippen LogP contribution in [0.15, 0.2) is 30.3 Å². The third-order valence-corrected chi connectivity index (χ3v) is 4.86. The molecule has 3 unspecified atom stereocenters. The van der Waals surface area contributed by atoms with Gasteiger partial charge in [0, 0.05) is 19.0 Å². The molecule has 0 bridgehead atoms. The van der Waals surface area contributed by atoms with Crippen LogP contribution in [-0.4, -0.2) is 55.0 Å². The van der Waals surface area contributed by atoms with Gasteiger partial charge < -0.3 is 24.4 Å². The Morgan fingerprint density at radius 3 is 2.55 bits per heavy atom. The molecule has 8 heteroatoms. The second-order valence-electron chi connectivity index (χ2n) is 7.20. The number of hydrogen-bond acceptors (Lipinski definition) is 6. The van der Waals surface area contributed by atoms with Crippen molar-refractivity contribution >= 4 is 12.0 Å². The van der Waals surface area contributed by atoms with Crippen LogP contribution < -0.4 is 5.32 Å². The lowest BCUT2D eigenvalue weighted by Crippen LogP contribution is -2.54. The van der Waals surface area contributed by atoms with Crippen LogP contribution in [0.25, 0.3) is 0 Å². The standard InChI is InChI=1S/C21H29N3O5/c1-4-16(2)18(29-20(26)24-10-12-27-13-11-24)19(25)23-21(3,15-22)28-14-17-8-6-5-7-9-17/h5-9,16,18H,4,10-14H2,1-3H3,(H,23,25). The van der Waals surface area contributed by atoms with Crippen molar-refractivity contribution in [1.82, 2.24) is 10.2 Å². The highest BCUT2D eigenvalue weighted by molar-refractivity contribution is 5.84. The van der Waals surface area contributed by atoms with Crippen LogP contribution in [0.1, 0.15) is 32.8 Å². The Labute approximate surface area is 171 Å². The molecule has 0 spiro atoms. The number of nitrogens with zero attached hydrogens (tertiary/aromatic N) is 2. The Bertz CT molecular complexity index is 715. The number of morpholine rings is 1. The van der Waals surface area contributed by atoms with Gasteiger partial charge in [0.1, 0.15) is 6.07 Å². The molecule has 0 aromatic heterocycles. The van der Waals surface area contributed by atoms with Crippen molar-refractivity contribution in [2.75, 3.05) is 26.3 Å². The third-order valence-electron chi connectivity index (χ3n) is 4.86. The average Bonchev–Trinajstić information content (AvgIpc) is 2.76. The lowest BCUT2D eigenvalue weighted by Gasteiger charge is -2.31. The molecule has 0 aliphatic carbocycles. The lowest BCUT2D eigenvalue weighted by atomic mass is 10.0. The number of amides is 2. The van der Waals surface area contributed by atoms with Crippen molar-refractivity contribution in [2.24, 2.45) is 5.92 Å². The maximum Gasteiger partial charge on any atom is 0.410 e. The van der Waals surface area contributed by atoms with Gasteiger partial charge in [-0.1, -0.05) is 44.2 Å². The van der Waals surface area contributed by atoms with E-state index in [0.717, 1.165) is 5.56 Å². The number of benzene rings is 1. The molecule has 29 heavy (non-hydrogen) atoms. The van der Waals surface area contributed by atoms with Gasteiger partial charge >= 0.3 is 6.09 Å². The summed E-state index contributed by atoms with van der Waals surface area (Å²) in [6.07, 6.45) is -0.955. The molecule has 1 N–H and O–H groups in total. The van der Waals surface area contributed by atoms with E-state index in [1.165, 1.54) is 11.8 Å². The van der Waals surface area contributed by atoms with Gasteiger partial charge in [-0.05, 0) is 18.9 Å². The zero-order valence-electron chi connectivity index (χ0n) is 17.2. The summed E-state index contributed by atoms with van der Waals surface area (Å²) in [5.74, 6) is -0.782. The maximum atomic E-state index is 12.9. The number of ether oxygens (including phenoxy) is 3. The van der Waals surface area contributed by atoms with Crippen LogP contribution >= 0.6 is 0 Å². The molecule has 2 amide bonds. The fourth-order valence-corrected chi connectivity index (χ4v) is 2.78. The summed E-state index contributed by atoms with van der Waals surface area (Å²) in [7, 11) is 0. The first-order valence-electron chi connectivity index (χ1n) is 9.83. The van der Waals surface area contributed by atoms with Crippen molar-refractivity contribution in [3.05, 3.63) is 35.9 Å². The Morgan fingerprint density at radius 2 is 1.97 bits per heavy atom. The fourth-order valence-electron chi connectivity index (χ4n) is 2.78. The van der Waals surface area contributed by atoms with E-state index in [9.17, 15) is 14.9 Å². The first-order valence-corrected chi connectivity index (χ1v) is 9.83. The summed E-state index contributed by atoms with van der Waals surface area (Å²) in [5, 5.41) is 12.2. The van der Waals surface area contributed by atoms with Gasteiger partial charge in [0.25, 0.3) is 5.91 Å². The molecule has 1 heterocycles. The minimum Gasteiger partial charge on any atom is -0.436 e. The van der Waals surface area contributed by atoms with E-state index in [2.05, 4.69) is 5.32 Å². The van der Waals surface area contributed by atoms with Crippen LogP contribution in [0.2, 0.25) is 0 Å². The SMILES string of the molecule is CCC(C)C(OC(=O)N1CCOCC1)C(=O)NC(C)(C#N)OCc1ccccc1. The van der Waals surface area contributed by atoms with E-state index in [4.69, 9.17) is 14.2 Å². The van der Waals surface area contributed by atoms with Crippen LogP contribution in [0, 0.1) is 17.2 Å². The monoisotopic (exact) mass is 403 g/mol. The zero-order chi connectivity index (χ0) is 21.3. The van der Waals surface area contributed by atoms with Crippen LogP contribution in [-0.2, 0) is 25.6 Å². The number of rotatable bonds is 8. The van der Waals surface area contributed by atoms with Crippen molar-refractivity contribution in [1.29, 1.82) is 5.26 Å². The molecular formula is C21H29N3O5. The van der Waals surface area contributed by atoms with E-state index in [0.29, 0.717) is 32.7 Å². The van der Waals surface area contributed by atoms with Gasteiger partial charge in [-0.3, -0.25) is 4.79 Å². The number of nitrogens with one attached hydrogen (secondary N) is 1. The Kier molecular flexibility index (Phi) is 8.43. The normalized spacial score (nSPS) is 18.1. The van der Waals surface area contributed by atoms with Gasteiger partial charge in [-0.25, -0.2) is 4.79 Å². The molecule has 1 aromatic carbocycles. The Balaban J connectivity index is 2.02. The Morgan fingerprint density at radius 1 is 1.31 bits per heavy atom. The quantitative estimate of drug-likeness (QED) is 0.669. The van der Waals surface area contributed by atoms with Gasteiger partial charge in [-0.15, -0.1) is 0 Å². The van der Waals surface area contributed by atoms with Gasteiger partial charge in [0.2, 0.25) is 5.72 Å². The molecule has 1 aromatic rings. The minimum atomic E-state index is -1.55. The van der Waals surface area contributed by atoms with E-state index in [1.807, 2.05) is 50.2 Å². The Hall–Kier alpha value is -2.63. The highest BCUT2D eigenvalue weighted by atomic mass is 16.6. The van der Waals surface area contributed by atoms with Crippen LogP contribution in [0.3, 0.4) is 0 Å². The summed E-state index contributed by atoms with van der Waals surface area (Å²) in [5.41, 5.74) is -0.676. The minimum absolute atomic E-state index is 0.159. The second-order valence-corrected chi connectivity index (χ2v) is 7.20. The topological polar surface area (TPSA) is 101 Å². The summed E-state index contributed by atoms with van der Waals surface area (Å²) in [4.78, 5) is 26.9. The highest BCUT2D eigenvalue weighted by Gasteiger charge is 2.36. The molecule has 1 fully saturated rings. The first-order chi connectivity index (χ1) is 13.9. The predicted molar refractivity (Wildman–Crippen MR) is 106 cm³/mol. The van der Waals surface area contributed by atoms with E-state index in [-0.39, 0.29) is 12.5 Å². The van der Waals surface area contributed by atoms with Crippen LogP contribution in [0.5, 0.6) is 0 Å². The molecule has 158 valence electrons. The summed E-state index contributed by atoms with van der Waals surface area (Å²) in [6.45, 7) is 7.09. The molecule has 0 saturated carbocycles.